The van der Waals surface area contributed by atoms with Gasteiger partial charge in [0.25, 0.3) is 0 Å². The van der Waals surface area contributed by atoms with Crippen LogP contribution in [-0.2, 0) is 24.0 Å². The van der Waals surface area contributed by atoms with E-state index < -0.39 is 28.3 Å². The molecule has 0 bridgehead atoms. The highest BCUT2D eigenvalue weighted by Crippen LogP contribution is 2.48. The van der Waals surface area contributed by atoms with Crippen LogP contribution in [0.5, 0.6) is 0 Å². The van der Waals surface area contributed by atoms with Crippen molar-refractivity contribution < 1.29 is 22.1 Å². The van der Waals surface area contributed by atoms with E-state index >= 15 is 0 Å². The van der Waals surface area contributed by atoms with Gasteiger partial charge in [-0.2, -0.15) is 8.42 Å². The lowest BCUT2D eigenvalue weighted by Crippen LogP contribution is -2.29. The summed E-state index contributed by atoms with van der Waals surface area (Å²) in [5, 5.41) is 5.84. The predicted molar refractivity (Wildman–Crippen MR) is 85.4 cm³/mol. The van der Waals surface area contributed by atoms with E-state index in [1.54, 1.807) is 18.2 Å². The zero-order valence-corrected chi connectivity index (χ0v) is 14.5. The minimum absolute atomic E-state index is 0.232. The van der Waals surface area contributed by atoms with Gasteiger partial charge in [0.15, 0.2) is 5.79 Å². The molecular weight excluding hydrogens is 365 g/mol. The Morgan fingerprint density at radius 2 is 1.96 bits per heavy atom. The molecule has 6 nitrogen and oxygen atoms in total. The lowest BCUT2D eigenvalue weighted by molar-refractivity contribution is -0.171. The molecule has 2 aliphatic rings. The van der Waals surface area contributed by atoms with Gasteiger partial charge in [-0.15, -0.1) is 0 Å². The van der Waals surface area contributed by atoms with Gasteiger partial charge in [0.05, 0.1) is 6.61 Å². The van der Waals surface area contributed by atoms with E-state index in [0.29, 0.717) is 15.6 Å². The smallest absolute Gasteiger partial charge is 0.333 e. The van der Waals surface area contributed by atoms with Crippen LogP contribution in [-0.4, -0.2) is 26.9 Å². The van der Waals surface area contributed by atoms with E-state index in [1.165, 1.54) is 0 Å². The molecule has 1 spiro atoms. The predicted octanol–water partition coefficient (Wildman–Crippen LogP) is 2.94. The summed E-state index contributed by atoms with van der Waals surface area (Å²) < 4.78 is 39.0. The highest BCUT2D eigenvalue weighted by atomic mass is 35.5. The fraction of sp³-hybridized carbons (Fsp3) is 0.571. The molecule has 1 aromatic carbocycles. The van der Waals surface area contributed by atoms with Crippen LogP contribution in [0.25, 0.3) is 0 Å². The number of hydrogen-bond donors (Lipinski definition) is 1. The Hall–Kier alpha value is -0.410. The quantitative estimate of drug-likeness (QED) is 0.865. The molecule has 1 aliphatic carbocycles. The summed E-state index contributed by atoms with van der Waals surface area (Å²) in [4.78, 5) is 0. The Bertz CT molecular complexity index is 690. The van der Waals surface area contributed by atoms with Crippen LogP contribution in [0.3, 0.4) is 0 Å². The van der Waals surface area contributed by atoms with Crippen molar-refractivity contribution in [2.24, 2.45) is 5.14 Å². The average molecular weight is 382 g/mol. The van der Waals surface area contributed by atoms with E-state index in [4.69, 9.17) is 42.0 Å². The molecule has 0 amide bonds. The highest BCUT2D eigenvalue weighted by molar-refractivity contribution is 7.84. The van der Waals surface area contributed by atoms with Gasteiger partial charge in [0, 0.05) is 28.5 Å². The van der Waals surface area contributed by atoms with Gasteiger partial charge in [-0.3, -0.25) is 4.18 Å². The van der Waals surface area contributed by atoms with Crippen LogP contribution in [0.4, 0.5) is 0 Å². The van der Waals surface area contributed by atoms with Crippen molar-refractivity contribution in [3.05, 3.63) is 33.8 Å². The third kappa shape index (κ3) is 3.99. The lowest BCUT2D eigenvalue weighted by atomic mass is 10.1. The van der Waals surface area contributed by atoms with E-state index in [9.17, 15) is 8.42 Å². The van der Waals surface area contributed by atoms with Gasteiger partial charge in [-0.1, -0.05) is 29.3 Å². The molecule has 1 saturated carbocycles. The Labute approximate surface area is 145 Å². The molecular formula is C14H17Cl2NO5S. The molecule has 23 heavy (non-hydrogen) atoms. The minimum Gasteiger partial charge on any atom is -0.341 e. The number of halogens is 2. The molecule has 2 atom stereocenters. The van der Waals surface area contributed by atoms with Crippen LogP contribution in [0.1, 0.15) is 37.4 Å². The van der Waals surface area contributed by atoms with Gasteiger partial charge in [-0.25, -0.2) is 5.14 Å². The van der Waals surface area contributed by atoms with Crippen LogP contribution in [0.15, 0.2) is 18.2 Å². The second-order valence-corrected chi connectivity index (χ2v) is 7.82. The number of ether oxygens (including phenoxy) is 2. The number of rotatable bonds is 4. The molecule has 128 valence electrons. The van der Waals surface area contributed by atoms with Crippen molar-refractivity contribution in [3.63, 3.8) is 0 Å². The molecule has 9 heteroatoms. The maximum absolute atomic E-state index is 11.1. The fourth-order valence-corrected chi connectivity index (χ4v) is 3.94. The van der Waals surface area contributed by atoms with Crippen molar-refractivity contribution in [1.82, 2.24) is 0 Å². The Morgan fingerprint density at radius 1 is 1.26 bits per heavy atom. The summed E-state index contributed by atoms with van der Waals surface area (Å²) in [6, 6.07) is 5.05. The summed E-state index contributed by atoms with van der Waals surface area (Å²) in [5.41, 5.74) is 0.683. The summed E-state index contributed by atoms with van der Waals surface area (Å²) in [6.07, 6.45) is 2.32. The SMILES string of the molecule is NS(=O)(=O)OCC1OC2(CCCC2)OC1c1ccc(Cl)cc1Cl. The first-order chi connectivity index (χ1) is 10.8. The first-order valence-corrected chi connectivity index (χ1v) is 9.48. The Balaban J connectivity index is 1.87. The Kier molecular flexibility index (Phi) is 4.90. The van der Waals surface area contributed by atoms with Crippen molar-refractivity contribution in [3.8, 4) is 0 Å². The maximum Gasteiger partial charge on any atom is 0.333 e. The van der Waals surface area contributed by atoms with Crippen molar-refractivity contribution >= 4 is 33.5 Å². The third-order valence-corrected chi connectivity index (χ3v) is 5.10. The van der Waals surface area contributed by atoms with E-state index in [2.05, 4.69) is 0 Å². The normalized spacial score (nSPS) is 26.9. The molecule has 1 aliphatic heterocycles. The number of benzene rings is 1. The number of hydrogen-bond acceptors (Lipinski definition) is 5. The van der Waals surface area contributed by atoms with Crippen LogP contribution in [0.2, 0.25) is 10.0 Å². The molecule has 2 unspecified atom stereocenters. The summed E-state index contributed by atoms with van der Waals surface area (Å²) >= 11 is 12.2. The van der Waals surface area contributed by atoms with E-state index in [1.807, 2.05) is 0 Å². The zero-order chi connectivity index (χ0) is 16.7. The number of nitrogens with two attached hydrogens (primary N) is 1. The summed E-state index contributed by atoms with van der Waals surface area (Å²) in [6.45, 7) is -0.232. The topological polar surface area (TPSA) is 87.9 Å². The molecule has 1 aromatic rings. The van der Waals surface area contributed by atoms with Crippen molar-refractivity contribution in [2.75, 3.05) is 6.61 Å². The molecule has 0 radical (unpaired) electrons. The first-order valence-electron chi connectivity index (χ1n) is 7.26. The van der Waals surface area contributed by atoms with Crippen molar-refractivity contribution in [2.45, 2.75) is 43.7 Å². The van der Waals surface area contributed by atoms with Gasteiger partial charge in [0.2, 0.25) is 0 Å². The zero-order valence-electron chi connectivity index (χ0n) is 12.2. The maximum atomic E-state index is 11.1. The first kappa shape index (κ1) is 17.4. The average Bonchev–Trinajstić information content (AvgIpc) is 3.04. The lowest BCUT2D eigenvalue weighted by Gasteiger charge is -2.22. The molecule has 3 rings (SSSR count). The van der Waals surface area contributed by atoms with Gasteiger partial charge in [-0.05, 0) is 25.0 Å². The van der Waals surface area contributed by atoms with Crippen LogP contribution < -0.4 is 5.14 Å². The summed E-state index contributed by atoms with van der Waals surface area (Å²) in [7, 11) is -4.06. The largest absolute Gasteiger partial charge is 0.341 e. The molecule has 1 heterocycles. The van der Waals surface area contributed by atoms with Crippen molar-refractivity contribution in [1.29, 1.82) is 0 Å². The fourth-order valence-electron chi connectivity index (χ4n) is 3.10. The molecule has 2 fully saturated rings. The van der Waals surface area contributed by atoms with Crippen LogP contribution >= 0.6 is 23.2 Å². The third-order valence-electron chi connectivity index (χ3n) is 4.08. The summed E-state index contributed by atoms with van der Waals surface area (Å²) in [5.74, 6) is -0.708. The van der Waals surface area contributed by atoms with E-state index in [-0.39, 0.29) is 6.61 Å². The van der Waals surface area contributed by atoms with Crippen LogP contribution in [0, 0.1) is 0 Å². The monoisotopic (exact) mass is 381 g/mol. The van der Waals surface area contributed by atoms with E-state index in [0.717, 1.165) is 25.7 Å². The second kappa shape index (κ2) is 6.48. The van der Waals surface area contributed by atoms with Gasteiger partial charge in [0.1, 0.15) is 12.2 Å². The standard InChI is InChI=1S/C14H17Cl2NO5S/c15-9-3-4-10(11(16)7-9)13-12(8-20-23(17,18)19)21-14(22-13)5-1-2-6-14/h3-4,7,12-13H,1-2,5-6,8H2,(H2,17,18,19). The van der Waals surface area contributed by atoms with Gasteiger partial charge >= 0.3 is 10.3 Å². The molecule has 1 saturated heterocycles. The Morgan fingerprint density at radius 3 is 2.57 bits per heavy atom. The van der Waals surface area contributed by atoms with Gasteiger partial charge < -0.3 is 9.47 Å². The molecule has 2 N–H and O–H groups in total. The highest BCUT2D eigenvalue weighted by Gasteiger charge is 2.50. The second-order valence-electron chi connectivity index (χ2n) is 5.76. The molecule has 0 aromatic heterocycles. The minimum atomic E-state index is -4.06.